The molecule has 3 atom stereocenters. The average molecular weight is 616 g/mol. The fraction of sp³-hybridized carbons (Fsp3) is 0.538. The van der Waals surface area contributed by atoms with Crippen LogP contribution in [0.1, 0.15) is 53.0 Å². The van der Waals surface area contributed by atoms with Crippen molar-refractivity contribution in [2.24, 2.45) is 23.1 Å². The molecule has 0 aliphatic carbocycles. The molecule has 0 aromatic heterocycles. The molecule has 0 spiro atoms. The Morgan fingerprint density at radius 1 is 0.857 bits per heavy atom. The summed E-state index contributed by atoms with van der Waals surface area (Å²) in [6.45, 7) is 6.55. The van der Waals surface area contributed by atoms with Crippen molar-refractivity contribution < 1.29 is 57.5 Å². The third kappa shape index (κ3) is 11.3. The molecular weight excluding hydrogens is 578 g/mol. The van der Waals surface area contributed by atoms with E-state index in [1.807, 2.05) is 0 Å². The summed E-state index contributed by atoms with van der Waals surface area (Å²) in [7, 11) is 0. The van der Waals surface area contributed by atoms with Gasteiger partial charge in [-0.15, -0.1) is 0 Å². The number of hydrogen-bond donors (Lipinski definition) is 3. The number of rotatable bonds is 14. The molecule has 6 N–H and O–H groups in total. The van der Waals surface area contributed by atoms with E-state index in [0.717, 1.165) is 20.8 Å². The van der Waals surface area contributed by atoms with Gasteiger partial charge in [0.25, 0.3) is 11.4 Å². The minimum Gasteiger partial charge on any atom is -0.433 e. The maximum absolute atomic E-state index is 13.3. The lowest BCUT2D eigenvalue weighted by molar-refractivity contribution is -0.258. The van der Waals surface area contributed by atoms with Crippen molar-refractivity contribution in [3.63, 3.8) is 0 Å². The van der Waals surface area contributed by atoms with E-state index < -0.39 is 71.2 Å². The number of carbonyl (C=O) groups is 6. The van der Waals surface area contributed by atoms with E-state index in [1.165, 1.54) is 30.0 Å². The average Bonchev–Trinajstić information content (AvgIpc) is 2.86. The second-order valence-electron chi connectivity index (χ2n) is 9.62. The summed E-state index contributed by atoms with van der Waals surface area (Å²) in [5.41, 5.74) is 13.7. The summed E-state index contributed by atoms with van der Waals surface area (Å²) >= 11 is 1.33. The molecule has 0 saturated carbocycles. The Morgan fingerprint density at radius 2 is 1.43 bits per heavy atom. The number of para-hydroxylation sites is 1. The highest BCUT2D eigenvalue weighted by Crippen LogP contribution is 2.35. The molecule has 234 valence electrons. The molecule has 16 heteroatoms. The van der Waals surface area contributed by atoms with Crippen molar-refractivity contribution in [1.29, 1.82) is 0 Å². The summed E-state index contributed by atoms with van der Waals surface area (Å²) in [6, 6.07) is 2.51. The van der Waals surface area contributed by atoms with Gasteiger partial charge in [-0.05, 0) is 24.0 Å². The van der Waals surface area contributed by atoms with E-state index in [0.29, 0.717) is 5.75 Å². The van der Waals surface area contributed by atoms with E-state index in [-0.39, 0.29) is 24.3 Å². The molecule has 0 saturated heterocycles. The van der Waals surface area contributed by atoms with Gasteiger partial charge in [0.15, 0.2) is 11.5 Å². The van der Waals surface area contributed by atoms with Crippen molar-refractivity contribution >= 4 is 47.6 Å². The highest BCUT2D eigenvalue weighted by Gasteiger charge is 2.43. The first-order chi connectivity index (χ1) is 19.4. The van der Waals surface area contributed by atoms with Crippen molar-refractivity contribution in [3.8, 4) is 11.5 Å². The Morgan fingerprint density at radius 3 is 1.95 bits per heavy atom. The molecule has 15 nitrogen and oxygen atoms in total. The smallest absolute Gasteiger partial charge is 0.372 e. The van der Waals surface area contributed by atoms with Crippen LogP contribution in [0.3, 0.4) is 0 Å². The lowest BCUT2D eigenvalue weighted by atomic mass is 10.0. The Hall–Kier alpha value is -3.73. The number of esters is 4. The van der Waals surface area contributed by atoms with E-state index in [2.05, 4.69) is 9.78 Å². The lowest BCUT2D eigenvalue weighted by Gasteiger charge is -2.29. The van der Waals surface area contributed by atoms with Crippen LogP contribution in [0.4, 0.5) is 0 Å². The van der Waals surface area contributed by atoms with Gasteiger partial charge in [0.2, 0.25) is 0 Å². The van der Waals surface area contributed by atoms with E-state index in [4.69, 9.17) is 36.1 Å². The number of ether oxygens (including phenoxy) is 4. The molecule has 0 aliphatic heterocycles. The summed E-state index contributed by atoms with van der Waals surface area (Å²) in [6.07, 6.45) is 1.08. The van der Waals surface area contributed by atoms with Crippen LogP contribution in [0.25, 0.3) is 0 Å². The zero-order chi connectivity index (χ0) is 32.3. The minimum atomic E-state index is -2.25. The largest absolute Gasteiger partial charge is 0.433 e. The van der Waals surface area contributed by atoms with Gasteiger partial charge in [-0.3, -0.25) is 21.1 Å². The third-order valence-corrected chi connectivity index (χ3v) is 5.79. The number of hydrogen-bond acceptors (Lipinski definition) is 16. The van der Waals surface area contributed by atoms with Crippen LogP contribution in [-0.4, -0.2) is 65.3 Å². The van der Waals surface area contributed by atoms with Crippen molar-refractivity contribution in [2.75, 3.05) is 12.0 Å². The Bertz CT molecular complexity index is 1180. The molecule has 1 rings (SSSR count). The predicted molar refractivity (Wildman–Crippen MR) is 147 cm³/mol. The van der Waals surface area contributed by atoms with Crippen molar-refractivity contribution in [3.05, 3.63) is 23.8 Å². The molecule has 0 aliphatic rings. The van der Waals surface area contributed by atoms with Gasteiger partial charge in [0, 0.05) is 45.6 Å². The molecular formula is C26H37N3O12S. The van der Waals surface area contributed by atoms with Crippen LogP contribution in [-0.2, 0) is 54.4 Å². The van der Waals surface area contributed by atoms with E-state index >= 15 is 0 Å². The normalized spacial score (nSPS) is 14.4. The SMILES string of the molecule is CSCCC(N)(OC(C)=O)C(=O)Oc1cccc(CC(N)C(=O)OOC(C)=O)c1OC(=O)C(N)(CC(C)C)OC(C)=O. The summed E-state index contributed by atoms with van der Waals surface area (Å²) < 4.78 is 21.1. The molecule has 0 heterocycles. The van der Waals surface area contributed by atoms with Gasteiger partial charge in [-0.2, -0.15) is 11.8 Å². The van der Waals surface area contributed by atoms with Crippen LogP contribution in [0.15, 0.2) is 18.2 Å². The number of carbonyl (C=O) groups excluding carboxylic acids is 6. The maximum Gasteiger partial charge on any atom is 0.372 e. The van der Waals surface area contributed by atoms with Gasteiger partial charge < -0.3 is 24.7 Å². The van der Waals surface area contributed by atoms with Crippen LogP contribution >= 0.6 is 11.8 Å². The highest BCUT2D eigenvalue weighted by atomic mass is 32.2. The standard InChI is InChI=1S/C26H37N3O12S/c1-14(2)13-26(29,39-16(4)31)24(35)37-21-18(12-19(27)22(33)41-40-17(5)32)8-7-9-20(21)36-23(34)25(28,10-11-42-6)38-15(3)30/h7-9,14,19H,10-13,27-29H2,1-6H3. The van der Waals surface area contributed by atoms with Crippen LogP contribution in [0.5, 0.6) is 11.5 Å². The lowest BCUT2D eigenvalue weighted by Crippen LogP contribution is -2.55. The number of benzene rings is 1. The molecule has 1 aromatic rings. The maximum atomic E-state index is 13.3. The molecule has 0 radical (unpaired) electrons. The highest BCUT2D eigenvalue weighted by molar-refractivity contribution is 7.98. The van der Waals surface area contributed by atoms with Gasteiger partial charge in [0.05, 0.1) is 0 Å². The van der Waals surface area contributed by atoms with Gasteiger partial charge in [0.1, 0.15) is 6.04 Å². The molecule has 3 unspecified atom stereocenters. The van der Waals surface area contributed by atoms with Crippen molar-refractivity contribution in [2.45, 2.75) is 71.4 Å². The second kappa shape index (κ2) is 16.1. The third-order valence-electron chi connectivity index (χ3n) is 5.17. The predicted octanol–water partition coefficient (Wildman–Crippen LogP) is 0.624. The first-order valence-corrected chi connectivity index (χ1v) is 14.0. The van der Waals surface area contributed by atoms with Crippen LogP contribution in [0, 0.1) is 5.92 Å². The fourth-order valence-corrected chi connectivity index (χ4v) is 4.01. The summed E-state index contributed by atoms with van der Waals surface area (Å²) in [4.78, 5) is 81.7. The molecule has 0 fully saturated rings. The van der Waals surface area contributed by atoms with E-state index in [1.54, 1.807) is 20.1 Å². The van der Waals surface area contributed by atoms with Crippen LogP contribution < -0.4 is 26.7 Å². The second-order valence-corrected chi connectivity index (χ2v) is 10.6. The first kappa shape index (κ1) is 36.3. The summed E-state index contributed by atoms with van der Waals surface area (Å²) in [5, 5.41) is 0. The molecule has 0 amide bonds. The molecule has 1 aromatic carbocycles. The zero-order valence-electron chi connectivity index (χ0n) is 24.3. The monoisotopic (exact) mass is 615 g/mol. The number of thioether (sulfide) groups is 1. The summed E-state index contributed by atoms with van der Waals surface area (Å²) in [5.74, 6) is -6.98. The van der Waals surface area contributed by atoms with Gasteiger partial charge in [-0.25, -0.2) is 29.0 Å². The minimum absolute atomic E-state index is 0.0230. The zero-order valence-corrected chi connectivity index (χ0v) is 25.1. The Kier molecular flexibility index (Phi) is 13.9. The van der Waals surface area contributed by atoms with E-state index in [9.17, 15) is 28.8 Å². The topological polar surface area (TPSA) is 236 Å². The first-order valence-electron chi connectivity index (χ1n) is 12.6. The van der Waals surface area contributed by atoms with Crippen molar-refractivity contribution in [1.82, 2.24) is 0 Å². The van der Waals surface area contributed by atoms with Crippen LogP contribution in [0.2, 0.25) is 0 Å². The quantitative estimate of drug-likeness (QED) is 0.0855. The Balaban J connectivity index is 3.59. The molecule has 0 bridgehead atoms. The van der Waals surface area contributed by atoms with Gasteiger partial charge >= 0.3 is 35.8 Å². The Labute approximate surface area is 246 Å². The number of nitrogens with two attached hydrogens (primary N) is 3. The fourth-order valence-electron chi connectivity index (χ4n) is 3.50. The molecule has 42 heavy (non-hydrogen) atoms. The van der Waals surface area contributed by atoms with Gasteiger partial charge in [-0.1, -0.05) is 26.0 Å².